The molecule has 4 N–H and O–H groups in total. The smallest absolute Gasteiger partial charge is 0.326 e. The van der Waals surface area contributed by atoms with Gasteiger partial charge in [0, 0.05) is 13.0 Å². The Kier molecular flexibility index (Phi) is 22.5. The van der Waals surface area contributed by atoms with Crippen LogP contribution in [-0.2, 0) is 27.6 Å². The maximum atomic E-state index is 13.3. The van der Waals surface area contributed by atoms with E-state index in [1.807, 2.05) is 60.7 Å². The van der Waals surface area contributed by atoms with Crippen LogP contribution in [0.2, 0.25) is 0 Å². The molecule has 0 unspecified atom stereocenters. The number of carboxylic acid groups (broad SMARTS) is 1. The number of amides is 3. The van der Waals surface area contributed by atoms with Gasteiger partial charge in [-0.05, 0) is 48.9 Å². The zero-order valence-electron chi connectivity index (χ0n) is 33.2. The van der Waals surface area contributed by atoms with E-state index in [1.165, 1.54) is 64.2 Å². The zero-order chi connectivity index (χ0) is 40.2. The minimum absolute atomic E-state index is 0.0798. The third kappa shape index (κ3) is 18.6. The van der Waals surface area contributed by atoms with Gasteiger partial charge in [0.05, 0.1) is 12.1 Å². The van der Waals surface area contributed by atoms with Gasteiger partial charge in [0.1, 0.15) is 19.3 Å². The first-order chi connectivity index (χ1) is 27.3. The van der Waals surface area contributed by atoms with E-state index in [0.29, 0.717) is 23.7 Å². The molecule has 3 rings (SSSR count). The SMILES string of the molecule is CCCCCCCCCCCCCCCC(=O)N(O)CCCC[C@H](NC(=O)CNC(=O)c1cccc(OCc2ccccc2)c1OCc1ccccc1)C(=O)O. The van der Waals surface area contributed by atoms with E-state index in [0.717, 1.165) is 30.4 Å². The number of nitrogens with one attached hydrogen (secondary N) is 2. The molecule has 3 amide bonds. The molecule has 1 atom stereocenters. The molecular formula is C45H63N3O8. The second kappa shape index (κ2) is 27.6. The van der Waals surface area contributed by atoms with Crippen molar-refractivity contribution in [2.75, 3.05) is 13.1 Å². The van der Waals surface area contributed by atoms with Crippen LogP contribution in [0.3, 0.4) is 0 Å². The lowest BCUT2D eigenvalue weighted by Gasteiger charge is -2.18. The van der Waals surface area contributed by atoms with Gasteiger partial charge in [-0.15, -0.1) is 0 Å². The van der Waals surface area contributed by atoms with Crippen molar-refractivity contribution in [2.24, 2.45) is 0 Å². The number of hydroxylamine groups is 2. The third-order valence-electron chi connectivity index (χ3n) is 9.62. The zero-order valence-corrected chi connectivity index (χ0v) is 33.2. The fourth-order valence-corrected chi connectivity index (χ4v) is 6.34. The van der Waals surface area contributed by atoms with E-state index >= 15 is 0 Å². The summed E-state index contributed by atoms with van der Waals surface area (Å²) in [6, 6.07) is 22.8. The number of carboxylic acids is 1. The lowest BCUT2D eigenvalue weighted by Crippen LogP contribution is -2.45. The molecular weight excluding hydrogens is 711 g/mol. The molecule has 0 aliphatic heterocycles. The van der Waals surface area contributed by atoms with Gasteiger partial charge in [-0.3, -0.25) is 19.6 Å². The van der Waals surface area contributed by atoms with Crippen LogP contribution < -0.4 is 20.1 Å². The quantitative estimate of drug-likeness (QED) is 0.0297. The number of nitrogens with zero attached hydrogens (tertiary/aromatic N) is 1. The van der Waals surface area contributed by atoms with E-state index in [-0.39, 0.29) is 49.8 Å². The largest absolute Gasteiger partial charge is 0.485 e. The van der Waals surface area contributed by atoms with Crippen molar-refractivity contribution < 1.29 is 39.0 Å². The van der Waals surface area contributed by atoms with Gasteiger partial charge in [-0.25, -0.2) is 9.86 Å². The molecule has 0 radical (unpaired) electrons. The molecule has 3 aromatic rings. The fraction of sp³-hybridized carbons (Fsp3) is 0.511. The Hall–Kier alpha value is -4.90. The van der Waals surface area contributed by atoms with E-state index < -0.39 is 30.4 Å². The molecule has 0 spiro atoms. The fourth-order valence-electron chi connectivity index (χ4n) is 6.34. The van der Waals surface area contributed by atoms with Crippen LogP contribution in [0.15, 0.2) is 78.9 Å². The number of unbranched alkanes of at least 4 members (excludes halogenated alkanes) is 13. The molecule has 3 aromatic carbocycles. The summed E-state index contributed by atoms with van der Waals surface area (Å²) in [5, 5.41) is 25.7. The Morgan fingerprint density at radius 2 is 1.21 bits per heavy atom. The Labute approximate surface area is 333 Å². The number of para-hydroxylation sites is 1. The van der Waals surface area contributed by atoms with Gasteiger partial charge in [0.25, 0.3) is 5.91 Å². The van der Waals surface area contributed by atoms with Crippen molar-refractivity contribution in [1.29, 1.82) is 0 Å². The summed E-state index contributed by atoms with van der Waals surface area (Å²) >= 11 is 0. The first-order valence-electron chi connectivity index (χ1n) is 20.5. The summed E-state index contributed by atoms with van der Waals surface area (Å²) in [4.78, 5) is 50.4. The minimum atomic E-state index is -1.22. The van der Waals surface area contributed by atoms with Crippen LogP contribution in [0.4, 0.5) is 0 Å². The molecule has 0 heterocycles. The summed E-state index contributed by atoms with van der Waals surface area (Å²) in [6.07, 6.45) is 16.8. The van der Waals surface area contributed by atoms with Gasteiger partial charge in [-0.1, -0.05) is 151 Å². The number of hydrogen-bond acceptors (Lipinski definition) is 7. The van der Waals surface area contributed by atoms with E-state index in [1.54, 1.807) is 18.2 Å². The maximum absolute atomic E-state index is 13.3. The summed E-state index contributed by atoms with van der Waals surface area (Å²) < 4.78 is 12.2. The van der Waals surface area contributed by atoms with Gasteiger partial charge in [0.15, 0.2) is 11.5 Å². The molecule has 0 aromatic heterocycles. The standard InChI is InChI=1S/C45H63N3O8/c1-2-3-4-5-6-7-8-9-10-11-12-13-20-31-42(50)48(54)32-22-21-29-39(45(52)53)47-41(49)33-46-44(51)38-28-23-30-40(55-34-36-24-16-14-17-25-36)43(38)56-35-37-26-18-15-19-27-37/h14-19,23-28,30,39,54H,2-13,20-22,29,31-35H2,1H3,(H,46,51)(H,47,49)(H,52,53)/t39-/m0/s1. The average molecular weight is 774 g/mol. The number of carbonyl (C=O) groups excluding carboxylic acids is 3. The lowest BCUT2D eigenvalue weighted by molar-refractivity contribution is -0.165. The van der Waals surface area contributed by atoms with Crippen molar-refractivity contribution in [1.82, 2.24) is 15.7 Å². The number of ether oxygens (including phenoxy) is 2. The highest BCUT2D eigenvalue weighted by Crippen LogP contribution is 2.33. The van der Waals surface area contributed by atoms with Gasteiger partial charge >= 0.3 is 5.97 Å². The number of aliphatic carboxylic acids is 1. The van der Waals surface area contributed by atoms with E-state index in [2.05, 4.69) is 17.6 Å². The van der Waals surface area contributed by atoms with Crippen molar-refractivity contribution >= 4 is 23.7 Å². The molecule has 0 saturated carbocycles. The van der Waals surface area contributed by atoms with Crippen molar-refractivity contribution in [3.05, 3.63) is 95.6 Å². The summed E-state index contributed by atoms with van der Waals surface area (Å²) in [6.45, 7) is 2.28. The predicted molar refractivity (Wildman–Crippen MR) is 218 cm³/mol. The van der Waals surface area contributed by atoms with Gasteiger partial charge in [-0.2, -0.15) is 0 Å². The molecule has 0 saturated heterocycles. The first-order valence-corrected chi connectivity index (χ1v) is 20.5. The van der Waals surface area contributed by atoms with Gasteiger partial charge < -0.3 is 25.2 Å². The van der Waals surface area contributed by atoms with E-state index in [4.69, 9.17) is 9.47 Å². The molecule has 306 valence electrons. The molecule has 56 heavy (non-hydrogen) atoms. The highest BCUT2D eigenvalue weighted by Gasteiger charge is 2.22. The lowest BCUT2D eigenvalue weighted by atomic mass is 10.0. The Bertz CT molecular complexity index is 1570. The summed E-state index contributed by atoms with van der Waals surface area (Å²) in [5.41, 5.74) is 1.98. The average Bonchev–Trinajstić information content (AvgIpc) is 3.21. The highest BCUT2D eigenvalue weighted by atomic mass is 16.5. The summed E-state index contributed by atoms with van der Waals surface area (Å²) in [5.74, 6) is -2.25. The summed E-state index contributed by atoms with van der Waals surface area (Å²) in [7, 11) is 0. The second-order valence-corrected chi connectivity index (χ2v) is 14.3. The van der Waals surface area contributed by atoms with Crippen LogP contribution in [0.25, 0.3) is 0 Å². The minimum Gasteiger partial charge on any atom is -0.485 e. The second-order valence-electron chi connectivity index (χ2n) is 14.3. The topological polar surface area (TPSA) is 154 Å². The Balaban J connectivity index is 1.37. The van der Waals surface area contributed by atoms with Gasteiger partial charge in [0.2, 0.25) is 11.8 Å². The molecule has 11 nitrogen and oxygen atoms in total. The number of carbonyl (C=O) groups is 4. The van der Waals surface area contributed by atoms with Crippen LogP contribution in [-0.4, -0.2) is 58.2 Å². The molecule has 0 aliphatic rings. The van der Waals surface area contributed by atoms with Crippen molar-refractivity contribution in [3.8, 4) is 11.5 Å². The monoisotopic (exact) mass is 773 g/mol. The first kappa shape index (κ1) is 45.5. The number of rotatable bonds is 30. The Morgan fingerprint density at radius 1 is 0.661 bits per heavy atom. The van der Waals surface area contributed by atoms with E-state index in [9.17, 15) is 29.5 Å². The predicted octanol–water partition coefficient (Wildman–Crippen LogP) is 9.01. The van der Waals surface area contributed by atoms with Crippen molar-refractivity contribution in [3.63, 3.8) is 0 Å². The molecule has 0 aliphatic carbocycles. The maximum Gasteiger partial charge on any atom is 0.326 e. The third-order valence-corrected chi connectivity index (χ3v) is 9.62. The van der Waals surface area contributed by atoms with Crippen molar-refractivity contribution in [2.45, 2.75) is 135 Å². The number of hydrogen-bond donors (Lipinski definition) is 4. The molecule has 11 heteroatoms. The van der Waals surface area contributed by atoms with Crippen LogP contribution in [0, 0.1) is 0 Å². The molecule has 0 bridgehead atoms. The van der Waals surface area contributed by atoms with Crippen LogP contribution >= 0.6 is 0 Å². The Morgan fingerprint density at radius 3 is 1.79 bits per heavy atom. The molecule has 0 fully saturated rings. The normalized spacial score (nSPS) is 11.4. The van der Waals surface area contributed by atoms with Crippen LogP contribution in [0.1, 0.15) is 138 Å². The number of benzene rings is 3. The van der Waals surface area contributed by atoms with Crippen LogP contribution in [0.5, 0.6) is 11.5 Å². The highest BCUT2D eigenvalue weighted by molar-refractivity contribution is 5.99.